The Morgan fingerprint density at radius 1 is 1.17 bits per heavy atom. The van der Waals surface area contributed by atoms with Gasteiger partial charge in [-0.1, -0.05) is 0 Å². The lowest BCUT2D eigenvalue weighted by Crippen LogP contribution is -2.43. The van der Waals surface area contributed by atoms with Crippen molar-refractivity contribution in [3.8, 4) is 11.4 Å². The fourth-order valence-electron chi connectivity index (χ4n) is 3.23. The highest BCUT2D eigenvalue weighted by molar-refractivity contribution is 5.89. The maximum atomic E-state index is 13.2. The van der Waals surface area contributed by atoms with Crippen LogP contribution < -0.4 is 15.5 Å². The van der Waals surface area contributed by atoms with Crippen LogP contribution >= 0.6 is 0 Å². The average Bonchev–Trinajstić information content (AvgIpc) is 3.12. The number of nitrogens with one attached hydrogen (secondary N) is 2. The zero-order valence-electron chi connectivity index (χ0n) is 16.1. The van der Waals surface area contributed by atoms with Gasteiger partial charge < -0.3 is 20.1 Å². The van der Waals surface area contributed by atoms with Crippen LogP contribution in [0.4, 0.5) is 20.8 Å². The second-order valence-electron chi connectivity index (χ2n) is 7.06. The highest BCUT2D eigenvalue weighted by atomic mass is 19.1. The number of hydrogen-bond acceptors (Lipinski definition) is 6. The average molecular weight is 396 g/mol. The molecule has 4 rings (SSSR count). The fourth-order valence-corrected chi connectivity index (χ4v) is 3.23. The summed E-state index contributed by atoms with van der Waals surface area (Å²) in [4.78, 5) is 22.5. The van der Waals surface area contributed by atoms with E-state index < -0.39 is 0 Å². The van der Waals surface area contributed by atoms with E-state index in [-0.39, 0.29) is 17.9 Å². The van der Waals surface area contributed by atoms with Crippen LogP contribution in [0, 0.1) is 5.82 Å². The van der Waals surface area contributed by atoms with Crippen LogP contribution in [-0.4, -0.2) is 50.9 Å². The molecule has 0 aliphatic carbocycles. The third-order valence-corrected chi connectivity index (χ3v) is 4.68. The first-order valence-electron chi connectivity index (χ1n) is 9.24. The third-order valence-electron chi connectivity index (χ3n) is 4.68. The lowest BCUT2D eigenvalue weighted by Gasteiger charge is -2.25. The van der Waals surface area contributed by atoms with Gasteiger partial charge in [0.15, 0.2) is 5.82 Å². The molecule has 3 aromatic rings. The molecule has 29 heavy (non-hydrogen) atoms. The molecule has 150 valence electrons. The number of benzene rings is 1. The fraction of sp³-hybridized carbons (Fsp3) is 0.316. The zero-order valence-corrected chi connectivity index (χ0v) is 16.1. The molecular weight excluding hydrogens is 375 g/mol. The Hall–Kier alpha value is -3.56. The minimum Gasteiger partial charge on any atom is -0.347 e. The molecule has 1 aromatic carbocycles. The summed E-state index contributed by atoms with van der Waals surface area (Å²) in [6.07, 6.45) is 4.57. The van der Waals surface area contributed by atoms with Gasteiger partial charge in [-0.2, -0.15) is 0 Å². The molecule has 0 radical (unpaired) electrons. The summed E-state index contributed by atoms with van der Waals surface area (Å²) in [5.41, 5.74) is 1.30. The topological polar surface area (TPSA) is 101 Å². The van der Waals surface area contributed by atoms with Crippen LogP contribution in [-0.2, 0) is 13.0 Å². The molecule has 0 bridgehead atoms. The molecule has 0 spiro atoms. The molecule has 0 unspecified atom stereocenters. The van der Waals surface area contributed by atoms with E-state index in [0.29, 0.717) is 30.4 Å². The number of rotatable bonds is 4. The number of amides is 2. The van der Waals surface area contributed by atoms with E-state index in [2.05, 4.69) is 30.8 Å². The smallest absolute Gasteiger partial charge is 0.319 e. The molecule has 0 saturated heterocycles. The van der Waals surface area contributed by atoms with Gasteiger partial charge in [0.05, 0.1) is 18.1 Å². The Kier molecular flexibility index (Phi) is 5.07. The summed E-state index contributed by atoms with van der Waals surface area (Å²) in [7, 11) is 3.69. The Bertz CT molecular complexity index is 1000. The van der Waals surface area contributed by atoms with Crippen LogP contribution in [0.2, 0.25) is 0 Å². The molecule has 3 heterocycles. The number of hydrogen-bond donors (Lipinski definition) is 2. The highest BCUT2D eigenvalue weighted by Crippen LogP contribution is 2.23. The van der Waals surface area contributed by atoms with Gasteiger partial charge in [0.25, 0.3) is 0 Å². The van der Waals surface area contributed by atoms with Crippen LogP contribution in [0.5, 0.6) is 0 Å². The van der Waals surface area contributed by atoms with E-state index in [4.69, 9.17) is 0 Å². The number of nitrogens with zero attached hydrogens (tertiary/aromatic N) is 6. The maximum Gasteiger partial charge on any atom is 0.319 e. The van der Waals surface area contributed by atoms with Gasteiger partial charge in [-0.05, 0) is 30.7 Å². The SMILES string of the molecule is CN(C)c1ncc(NC(=O)N[C@@H]2CCc3nnc(-c4ccc(F)cc4)n3C2)cn1. The Labute approximate surface area is 167 Å². The molecule has 2 aromatic heterocycles. The first kappa shape index (κ1) is 18.8. The lowest BCUT2D eigenvalue weighted by atomic mass is 10.1. The molecule has 1 aliphatic rings. The van der Waals surface area contributed by atoms with Crippen molar-refractivity contribution >= 4 is 17.7 Å². The van der Waals surface area contributed by atoms with Gasteiger partial charge in [-0.15, -0.1) is 10.2 Å². The Morgan fingerprint density at radius 2 is 1.90 bits per heavy atom. The second-order valence-corrected chi connectivity index (χ2v) is 7.06. The summed E-state index contributed by atoms with van der Waals surface area (Å²) in [5.74, 6) is 1.79. The van der Waals surface area contributed by atoms with E-state index in [1.165, 1.54) is 12.1 Å². The zero-order chi connectivity index (χ0) is 20.4. The maximum absolute atomic E-state index is 13.2. The number of carbonyl (C=O) groups excluding carboxylic acids is 1. The van der Waals surface area contributed by atoms with Crippen molar-refractivity contribution < 1.29 is 9.18 Å². The lowest BCUT2D eigenvalue weighted by molar-refractivity contribution is 0.244. The van der Waals surface area contributed by atoms with Crippen LogP contribution in [0.3, 0.4) is 0 Å². The number of urea groups is 1. The molecule has 2 amide bonds. The molecule has 1 aliphatic heterocycles. The first-order valence-corrected chi connectivity index (χ1v) is 9.24. The van der Waals surface area contributed by atoms with Crippen molar-refractivity contribution in [1.29, 1.82) is 0 Å². The number of carbonyl (C=O) groups is 1. The predicted octanol–water partition coefficient (Wildman–Crippen LogP) is 2.08. The van der Waals surface area contributed by atoms with Gasteiger partial charge in [-0.25, -0.2) is 19.2 Å². The minimum absolute atomic E-state index is 0.0836. The van der Waals surface area contributed by atoms with Crippen LogP contribution in [0.15, 0.2) is 36.7 Å². The summed E-state index contributed by atoms with van der Waals surface area (Å²) >= 11 is 0. The van der Waals surface area contributed by atoms with Crippen molar-refractivity contribution in [2.45, 2.75) is 25.4 Å². The predicted molar refractivity (Wildman–Crippen MR) is 106 cm³/mol. The van der Waals surface area contributed by atoms with E-state index in [1.807, 2.05) is 18.7 Å². The second kappa shape index (κ2) is 7.82. The number of fused-ring (bicyclic) bond motifs is 1. The monoisotopic (exact) mass is 396 g/mol. The minimum atomic E-state index is -0.323. The molecule has 2 N–H and O–H groups in total. The van der Waals surface area contributed by atoms with Crippen molar-refractivity contribution in [3.05, 3.63) is 48.3 Å². The molecule has 9 nitrogen and oxygen atoms in total. The third kappa shape index (κ3) is 4.15. The summed E-state index contributed by atoms with van der Waals surface area (Å²) in [6, 6.07) is 5.73. The first-order chi connectivity index (χ1) is 14.0. The van der Waals surface area contributed by atoms with Crippen molar-refractivity contribution in [3.63, 3.8) is 0 Å². The van der Waals surface area contributed by atoms with E-state index in [0.717, 1.165) is 17.8 Å². The quantitative estimate of drug-likeness (QED) is 0.700. The molecule has 10 heteroatoms. The van der Waals surface area contributed by atoms with Crippen molar-refractivity contribution in [1.82, 2.24) is 30.0 Å². The van der Waals surface area contributed by atoms with E-state index in [1.54, 1.807) is 29.4 Å². The van der Waals surface area contributed by atoms with Gasteiger partial charge in [0.2, 0.25) is 5.95 Å². The number of aryl methyl sites for hydroxylation is 1. The molecule has 0 saturated carbocycles. The van der Waals surface area contributed by atoms with Crippen LogP contribution in [0.1, 0.15) is 12.2 Å². The largest absolute Gasteiger partial charge is 0.347 e. The highest BCUT2D eigenvalue weighted by Gasteiger charge is 2.24. The molecule has 1 atom stereocenters. The number of anilines is 2. The Balaban J connectivity index is 1.41. The summed E-state index contributed by atoms with van der Waals surface area (Å²) in [5, 5.41) is 14.2. The molecular formula is C19H21FN8O. The number of halogens is 1. The molecule has 0 fully saturated rings. The Morgan fingerprint density at radius 3 is 2.59 bits per heavy atom. The van der Waals surface area contributed by atoms with Gasteiger partial charge in [0, 0.05) is 38.7 Å². The summed E-state index contributed by atoms with van der Waals surface area (Å²) < 4.78 is 15.2. The standard InChI is InChI=1S/C19H21FN8O/c1-27(2)18-21-9-15(10-22-18)24-19(29)23-14-7-8-16-25-26-17(28(16)11-14)12-3-5-13(20)6-4-12/h3-6,9-10,14H,7-8,11H2,1-2H3,(H2,23,24,29)/t14-/m1/s1. The normalized spacial score (nSPS) is 15.5. The van der Waals surface area contributed by atoms with Crippen molar-refractivity contribution in [2.75, 3.05) is 24.3 Å². The van der Waals surface area contributed by atoms with Gasteiger partial charge >= 0.3 is 6.03 Å². The number of aromatic nitrogens is 5. The van der Waals surface area contributed by atoms with E-state index >= 15 is 0 Å². The van der Waals surface area contributed by atoms with Gasteiger partial charge in [0.1, 0.15) is 11.6 Å². The van der Waals surface area contributed by atoms with Crippen molar-refractivity contribution in [2.24, 2.45) is 0 Å². The van der Waals surface area contributed by atoms with Gasteiger partial charge in [-0.3, -0.25) is 0 Å². The summed E-state index contributed by atoms with van der Waals surface area (Å²) in [6.45, 7) is 0.540. The van der Waals surface area contributed by atoms with E-state index in [9.17, 15) is 9.18 Å². The van der Waals surface area contributed by atoms with Crippen LogP contribution in [0.25, 0.3) is 11.4 Å².